The molecule has 1 heterocycles. The zero-order valence-corrected chi connectivity index (χ0v) is 17.8. The van der Waals surface area contributed by atoms with Crippen LogP contribution in [0.25, 0.3) is 0 Å². The second-order valence-electron chi connectivity index (χ2n) is 4.54. The van der Waals surface area contributed by atoms with Crippen molar-refractivity contribution in [3.05, 3.63) is 19.8 Å². The number of nitrogens with zero attached hydrogens (tertiary/aromatic N) is 2. The van der Waals surface area contributed by atoms with Crippen molar-refractivity contribution in [2.24, 2.45) is 11.6 Å². The van der Waals surface area contributed by atoms with E-state index in [1.807, 2.05) is 13.8 Å². The molecule has 1 saturated heterocycles. The first-order valence-corrected chi connectivity index (χ1v) is 7.57. The third-order valence-electron chi connectivity index (χ3n) is 3.09. The number of hydrogen-bond acceptors (Lipinski definition) is 5. The van der Waals surface area contributed by atoms with E-state index in [0.29, 0.717) is 0 Å². The quantitative estimate of drug-likeness (QED) is 0.125. The Bertz CT molecular complexity index is 208. The first-order chi connectivity index (χ1) is 9.33. The Morgan fingerprint density at radius 1 is 1.14 bits per heavy atom. The second-order valence-corrected chi connectivity index (χ2v) is 4.54. The van der Waals surface area contributed by atoms with Crippen LogP contribution in [0, 0.1) is 13.6 Å². The summed E-state index contributed by atoms with van der Waals surface area (Å²) >= 11 is 0. The number of piperazine rings is 1. The van der Waals surface area contributed by atoms with E-state index in [1.165, 1.54) is 38.9 Å². The van der Waals surface area contributed by atoms with Gasteiger partial charge in [-0.2, -0.15) is 6.20 Å². The predicted molar refractivity (Wildman–Crippen MR) is 88.4 cm³/mol. The van der Waals surface area contributed by atoms with Gasteiger partial charge >= 0.3 is 51.4 Å². The molecular weight excluding hydrogens is 289 g/mol. The van der Waals surface area contributed by atoms with Crippen molar-refractivity contribution in [2.75, 3.05) is 39.3 Å². The van der Waals surface area contributed by atoms with Crippen LogP contribution in [0.3, 0.4) is 0 Å². The van der Waals surface area contributed by atoms with Crippen LogP contribution in [-0.2, 0) is 0 Å². The minimum Gasteiger partial charge on any atom is -0.579 e. The molecular formula is C15H35KN5-. The van der Waals surface area contributed by atoms with E-state index in [1.54, 1.807) is 11.2 Å². The maximum atomic E-state index is 5.64. The first-order valence-electron chi connectivity index (χ1n) is 7.57. The minimum absolute atomic E-state index is 0. The van der Waals surface area contributed by atoms with Crippen LogP contribution >= 0.6 is 0 Å². The summed E-state index contributed by atoms with van der Waals surface area (Å²) in [6, 6.07) is 0. The van der Waals surface area contributed by atoms with Gasteiger partial charge in [0.05, 0.1) is 0 Å². The van der Waals surface area contributed by atoms with Crippen molar-refractivity contribution in [2.45, 2.75) is 39.5 Å². The van der Waals surface area contributed by atoms with Gasteiger partial charge in [-0.25, -0.2) is 0 Å². The first kappa shape index (κ1) is 26.7. The Hall–Kier alpha value is 0.856. The topological polar surface area (TPSA) is 70.5 Å². The molecule has 1 fully saturated rings. The van der Waals surface area contributed by atoms with E-state index in [0.717, 1.165) is 26.1 Å². The molecule has 1 aliphatic heterocycles. The van der Waals surface area contributed by atoms with Gasteiger partial charge in [-0.1, -0.05) is 26.7 Å². The van der Waals surface area contributed by atoms with E-state index < -0.39 is 0 Å². The van der Waals surface area contributed by atoms with E-state index in [4.69, 9.17) is 11.6 Å². The molecule has 0 atom stereocenters. The number of rotatable bonds is 8. The van der Waals surface area contributed by atoms with E-state index in [9.17, 15) is 0 Å². The van der Waals surface area contributed by atoms with Gasteiger partial charge in [0.1, 0.15) is 0 Å². The van der Waals surface area contributed by atoms with Crippen LogP contribution in [0.1, 0.15) is 39.5 Å². The van der Waals surface area contributed by atoms with E-state index >= 15 is 0 Å². The standard InChI is InChI=1S/C12H26N5.C2H6.CH3.K/c13-5-10-17(14)9-4-2-1-3-8-16-11-6-15-7-12-16;1-2;;/h10,15H,1-4,6-9,11-14H2;1-2H3;1H3;/q-1;;-1;+1. The second kappa shape index (κ2) is 20.9. The minimum atomic E-state index is 0. The molecule has 0 aromatic rings. The Morgan fingerprint density at radius 2 is 1.71 bits per heavy atom. The smallest absolute Gasteiger partial charge is 0.579 e. The molecule has 0 radical (unpaired) electrons. The molecule has 1 aliphatic rings. The van der Waals surface area contributed by atoms with Gasteiger partial charge < -0.3 is 34.6 Å². The molecule has 122 valence electrons. The number of nitrogens with one attached hydrogen (secondary N) is 1. The van der Waals surface area contributed by atoms with Crippen LogP contribution in [0.5, 0.6) is 0 Å². The number of nitrogens with two attached hydrogens (primary N) is 2. The summed E-state index contributed by atoms with van der Waals surface area (Å²) in [6.07, 6.45) is 8.95. The fourth-order valence-corrected chi connectivity index (χ4v) is 2.08. The third-order valence-corrected chi connectivity index (χ3v) is 3.09. The predicted octanol–water partition coefficient (Wildman–Crippen LogP) is -1.66. The van der Waals surface area contributed by atoms with Crippen molar-refractivity contribution < 1.29 is 51.4 Å². The molecule has 5 nitrogen and oxygen atoms in total. The van der Waals surface area contributed by atoms with Crippen molar-refractivity contribution in [3.63, 3.8) is 0 Å². The Kier molecular flexibility index (Phi) is 26.6. The summed E-state index contributed by atoms with van der Waals surface area (Å²) in [5, 5.41) is 4.96. The number of hydrogen-bond donors (Lipinski definition) is 3. The van der Waals surface area contributed by atoms with Gasteiger partial charge in [-0.05, 0) is 19.4 Å². The maximum Gasteiger partial charge on any atom is 1.00 e. The van der Waals surface area contributed by atoms with Gasteiger partial charge in [0, 0.05) is 32.7 Å². The molecule has 0 aromatic carbocycles. The van der Waals surface area contributed by atoms with Gasteiger partial charge in [-0.3, -0.25) is 5.84 Å². The SMILES string of the molecule is CC.N[C-]=CN(N)CCCCCCN1CCNCC1.[CH3-].[K+]. The largest absolute Gasteiger partial charge is 1.00 e. The average Bonchev–Trinajstić information content (AvgIpc) is 2.46. The normalized spacial score (nSPS) is 14.6. The molecule has 0 amide bonds. The fraction of sp³-hybridized carbons (Fsp3) is 0.800. The van der Waals surface area contributed by atoms with Crippen LogP contribution in [0.4, 0.5) is 0 Å². The summed E-state index contributed by atoms with van der Waals surface area (Å²) in [6.45, 7) is 10.8. The maximum absolute atomic E-state index is 5.64. The van der Waals surface area contributed by atoms with Crippen LogP contribution in [0.2, 0.25) is 0 Å². The van der Waals surface area contributed by atoms with Crippen LogP contribution in [-0.4, -0.2) is 49.2 Å². The third kappa shape index (κ3) is 17.0. The van der Waals surface area contributed by atoms with Crippen molar-refractivity contribution in [1.82, 2.24) is 15.2 Å². The summed E-state index contributed by atoms with van der Waals surface area (Å²) in [7, 11) is 0. The Morgan fingerprint density at radius 3 is 2.29 bits per heavy atom. The zero-order chi connectivity index (χ0) is 14.3. The molecule has 1 rings (SSSR count). The van der Waals surface area contributed by atoms with Crippen molar-refractivity contribution in [1.29, 1.82) is 0 Å². The van der Waals surface area contributed by atoms with Gasteiger partial charge in [0.2, 0.25) is 0 Å². The molecule has 5 N–H and O–H groups in total. The summed E-state index contributed by atoms with van der Waals surface area (Å²) in [5.41, 5.74) is 5.13. The van der Waals surface area contributed by atoms with Gasteiger partial charge in [0.25, 0.3) is 0 Å². The molecule has 0 aliphatic carbocycles. The summed E-state index contributed by atoms with van der Waals surface area (Å²) in [5.74, 6) is 5.64. The molecule has 0 spiro atoms. The Labute approximate surface area is 175 Å². The van der Waals surface area contributed by atoms with Crippen LogP contribution in [0.15, 0.2) is 6.20 Å². The number of hydrazine groups is 1. The van der Waals surface area contributed by atoms with E-state index in [-0.39, 0.29) is 58.8 Å². The fourth-order valence-electron chi connectivity index (χ4n) is 2.08. The molecule has 6 heteroatoms. The molecule has 0 unspecified atom stereocenters. The van der Waals surface area contributed by atoms with Crippen LogP contribution < -0.4 is 68.3 Å². The zero-order valence-electron chi connectivity index (χ0n) is 14.7. The molecule has 0 saturated carbocycles. The summed E-state index contributed by atoms with van der Waals surface area (Å²) < 4.78 is 0. The monoisotopic (exact) mass is 324 g/mol. The average molecular weight is 325 g/mol. The molecule has 0 bridgehead atoms. The van der Waals surface area contributed by atoms with Gasteiger partial charge in [0.15, 0.2) is 0 Å². The van der Waals surface area contributed by atoms with Crippen molar-refractivity contribution in [3.8, 4) is 0 Å². The molecule has 21 heavy (non-hydrogen) atoms. The van der Waals surface area contributed by atoms with Gasteiger partial charge in [-0.15, -0.1) is 0 Å². The Balaban J connectivity index is -0.000000774. The van der Waals surface area contributed by atoms with Crippen molar-refractivity contribution >= 4 is 0 Å². The molecule has 0 aromatic heterocycles. The summed E-state index contributed by atoms with van der Waals surface area (Å²) in [4.78, 5) is 2.54. The van der Waals surface area contributed by atoms with E-state index in [2.05, 4.69) is 16.4 Å². The number of unbranched alkanes of at least 4 members (excludes halogenated alkanes) is 3.